The molecule has 4 N–H and O–H groups in total. The van der Waals surface area contributed by atoms with Crippen molar-refractivity contribution in [3.63, 3.8) is 0 Å². The number of benzene rings is 3. The van der Waals surface area contributed by atoms with E-state index in [1.165, 1.54) is 10.9 Å². The quantitative estimate of drug-likeness (QED) is 0.189. The van der Waals surface area contributed by atoms with Crippen molar-refractivity contribution in [1.29, 1.82) is 0 Å². The van der Waals surface area contributed by atoms with E-state index >= 15 is 0 Å². The molecule has 0 radical (unpaired) electrons. The van der Waals surface area contributed by atoms with Crippen molar-refractivity contribution < 1.29 is 9.53 Å². The molecule has 0 bridgehead atoms. The summed E-state index contributed by atoms with van der Waals surface area (Å²) in [5.74, 6) is 0.531. The maximum Gasteiger partial charge on any atom is 0.256 e. The summed E-state index contributed by atoms with van der Waals surface area (Å²) in [5, 5.41) is 4.17. The third-order valence-corrected chi connectivity index (χ3v) is 7.55. The van der Waals surface area contributed by atoms with Gasteiger partial charge < -0.3 is 25.3 Å². The Hall–Kier alpha value is -5.40. The minimum absolute atomic E-state index is 0.117. The van der Waals surface area contributed by atoms with Crippen molar-refractivity contribution in [2.45, 2.75) is 12.5 Å². The van der Waals surface area contributed by atoms with Gasteiger partial charge in [0.1, 0.15) is 12.4 Å². The number of pyridine rings is 1. The van der Waals surface area contributed by atoms with E-state index in [0.717, 1.165) is 39.1 Å². The number of hydrogen-bond donors (Lipinski definition) is 3. The zero-order valence-electron chi connectivity index (χ0n) is 22.8. The third-order valence-electron chi connectivity index (χ3n) is 7.55. The molecule has 1 amide bonds. The highest BCUT2D eigenvalue weighted by Gasteiger charge is 2.25. The molecular weight excluding hydrogens is 522 g/mol. The van der Waals surface area contributed by atoms with Gasteiger partial charge in [-0.15, -0.1) is 0 Å². The first-order chi connectivity index (χ1) is 20.6. The first-order valence-electron chi connectivity index (χ1n) is 13.9. The van der Waals surface area contributed by atoms with Crippen molar-refractivity contribution in [2.75, 3.05) is 11.9 Å². The normalized spacial score (nSPS) is 14.2. The number of nitrogens with one attached hydrogen (secondary N) is 2. The zero-order valence-corrected chi connectivity index (χ0v) is 22.8. The van der Waals surface area contributed by atoms with E-state index < -0.39 is 0 Å². The Labute approximate surface area is 243 Å². The topological polar surface area (TPSA) is 98.0 Å². The summed E-state index contributed by atoms with van der Waals surface area (Å²) in [6.07, 6.45) is 12.2. The second-order valence-corrected chi connectivity index (χ2v) is 10.5. The standard InChI is InChI=1S/C35H29N5O2/c36-27(15-26-19-38-33-9-5-4-8-30(26)33)22-42-29-16-25(18-37-20-29)24-10-11-34-31(17-24)32(35(41)39-34)14-23-12-13-40(21-23)28-6-2-1-3-7-28/h1-14,16-21,27,38H,15,22,36H2,(H,39,41)/t27-/m0/s1. The number of para-hydroxylation sites is 2. The van der Waals surface area contributed by atoms with Crippen molar-refractivity contribution in [3.05, 3.63) is 133 Å². The fourth-order valence-electron chi connectivity index (χ4n) is 5.44. The second-order valence-electron chi connectivity index (χ2n) is 10.5. The fraction of sp³-hybridized carbons (Fsp3) is 0.0857. The summed E-state index contributed by atoms with van der Waals surface area (Å²) in [4.78, 5) is 20.6. The van der Waals surface area contributed by atoms with E-state index in [0.29, 0.717) is 24.4 Å². The van der Waals surface area contributed by atoms with Crippen LogP contribution in [0.25, 0.3) is 39.4 Å². The molecule has 0 spiro atoms. The largest absolute Gasteiger partial charge is 0.490 e. The van der Waals surface area contributed by atoms with Crippen LogP contribution >= 0.6 is 0 Å². The molecule has 42 heavy (non-hydrogen) atoms. The monoisotopic (exact) mass is 551 g/mol. The molecule has 0 fully saturated rings. The predicted octanol–water partition coefficient (Wildman–Crippen LogP) is 6.46. The van der Waals surface area contributed by atoms with E-state index in [1.54, 1.807) is 12.4 Å². The number of nitrogens with zero attached hydrogens (tertiary/aromatic N) is 2. The molecule has 6 aromatic rings. The second kappa shape index (κ2) is 10.9. The Balaban J connectivity index is 1.08. The Morgan fingerprint density at radius 1 is 0.952 bits per heavy atom. The van der Waals surface area contributed by atoms with Gasteiger partial charge in [0.25, 0.3) is 5.91 Å². The van der Waals surface area contributed by atoms with Crippen LogP contribution in [0.5, 0.6) is 5.75 Å². The van der Waals surface area contributed by atoms with E-state index in [9.17, 15) is 4.79 Å². The van der Waals surface area contributed by atoms with E-state index in [-0.39, 0.29) is 11.9 Å². The smallest absolute Gasteiger partial charge is 0.256 e. The van der Waals surface area contributed by atoms with Gasteiger partial charge in [0.2, 0.25) is 0 Å². The minimum atomic E-state index is -0.172. The molecular formula is C35H29N5O2. The number of ether oxygens (including phenoxy) is 1. The van der Waals surface area contributed by atoms with Crippen LogP contribution in [0, 0.1) is 0 Å². The number of hydrogen-bond acceptors (Lipinski definition) is 4. The van der Waals surface area contributed by atoms with Crippen LogP contribution in [0.3, 0.4) is 0 Å². The zero-order chi connectivity index (χ0) is 28.5. The van der Waals surface area contributed by atoms with Crippen LogP contribution < -0.4 is 15.8 Å². The SMILES string of the molecule is N[C@H](COc1cncc(-c2ccc3c(c2)C(=Cc2ccn(-c4ccccc4)c2)C(=O)N3)c1)Cc1c[nH]c2ccccc12. The number of fused-ring (bicyclic) bond motifs is 2. The van der Waals surface area contributed by atoms with Crippen molar-refractivity contribution in [1.82, 2.24) is 14.5 Å². The highest BCUT2D eigenvalue weighted by molar-refractivity contribution is 6.35. The lowest BCUT2D eigenvalue weighted by Gasteiger charge is -2.13. The molecule has 0 saturated heterocycles. The first-order valence-corrected chi connectivity index (χ1v) is 13.9. The van der Waals surface area contributed by atoms with Crippen molar-refractivity contribution >= 4 is 34.1 Å². The van der Waals surface area contributed by atoms with Crippen LogP contribution in [0.4, 0.5) is 5.69 Å². The van der Waals surface area contributed by atoms with Gasteiger partial charge in [0.05, 0.1) is 6.20 Å². The van der Waals surface area contributed by atoms with Gasteiger partial charge in [-0.25, -0.2) is 0 Å². The molecule has 206 valence electrons. The fourth-order valence-corrected chi connectivity index (χ4v) is 5.44. The van der Waals surface area contributed by atoms with Crippen LogP contribution in [0.2, 0.25) is 0 Å². The summed E-state index contributed by atoms with van der Waals surface area (Å²) in [6, 6.07) is 28.0. The van der Waals surface area contributed by atoms with Gasteiger partial charge in [-0.05, 0) is 71.7 Å². The maximum atomic E-state index is 12.9. The average Bonchev–Trinajstić information content (AvgIpc) is 3.74. The maximum absolute atomic E-state index is 12.9. The van der Waals surface area contributed by atoms with Crippen molar-refractivity contribution in [3.8, 4) is 22.6 Å². The molecule has 4 heterocycles. The van der Waals surface area contributed by atoms with Crippen molar-refractivity contribution in [2.24, 2.45) is 5.73 Å². The lowest BCUT2D eigenvalue weighted by Crippen LogP contribution is -2.30. The Morgan fingerprint density at radius 2 is 1.81 bits per heavy atom. The molecule has 7 nitrogen and oxygen atoms in total. The lowest BCUT2D eigenvalue weighted by atomic mass is 9.99. The predicted molar refractivity (Wildman–Crippen MR) is 167 cm³/mol. The highest BCUT2D eigenvalue weighted by Crippen LogP contribution is 2.37. The van der Waals surface area contributed by atoms with Gasteiger partial charge >= 0.3 is 0 Å². The highest BCUT2D eigenvalue weighted by atomic mass is 16.5. The number of rotatable bonds is 8. The molecule has 7 heteroatoms. The molecule has 7 rings (SSSR count). The third kappa shape index (κ3) is 5.09. The summed E-state index contributed by atoms with van der Waals surface area (Å²) >= 11 is 0. The number of anilines is 1. The van der Waals surface area contributed by atoms with Crippen LogP contribution in [-0.4, -0.2) is 33.1 Å². The molecule has 0 saturated carbocycles. The molecule has 3 aromatic heterocycles. The summed E-state index contributed by atoms with van der Waals surface area (Å²) in [6.45, 7) is 0.364. The molecule has 1 aliphatic heterocycles. The molecule has 0 unspecified atom stereocenters. The van der Waals surface area contributed by atoms with Gasteiger partial charge in [0, 0.05) is 69.8 Å². The Bertz CT molecular complexity index is 1940. The molecule has 1 atom stereocenters. The number of H-pyrrole nitrogens is 1. The Morgan fingerprint density at radius 3 is 2.71 bits per heavy atom. The number of amides is 1. The van der Waals surface area contributed by atoms with E-state index in [2.05, 4.69) is 27.4 Å². The summed E-state index contributed by atoms with van der Waals surface area (Å²) in [5.41, 5.74) is 14.8. The van der Waals surface area contributed by atoms with Gasteiger partial charge in [-0.3, -0.25) is 9.78 Å². The average molecular weight is 552 g/mol. The summed E-state index contributed by atoms with van der Waals surface area (Å²) < 4.78 is 8.10. The van der Waals surface area contributed by atoms with Gasteiger partial charge in [-0.2, -0.15) is 0 Å². The van der Waals surface area contributed by atoms with E-state index in [1.807, 2.05) is 102 Å². The van der Waals surface area contributed by atoms with Crippen LogP contribution in [0.1, 0.15) is 16.7 Å². The summed E-state index contributed by atoms with van der Waals surface area (Å²) in [7, 11) is 0. The molecule has 0 aliphatic carbocycles. The van der Waals surface area contributed by atoms with Crippen LogP contribution in [0.15, 0.2) is 116 Å². The minimum Gasteiger partial charge on any atom is -0.490 e. The van der Waals surface area contributed by atoms with E-state index in [4.69, 9.17) is 10.5 Å². The lowest BCUT2D eigenvalue weighted by molar-refractivity contribution is -0.110. The first kappa shape index (κ1) is 25.6. The molecule has 3 aromatic carbocycles. The number of carbonyl (C=O) groups excluding carboxylic acids is 1. The number of carbonyl (C=O) groups is 1. The Kier molecular flexibility index (Phi) is 6.62. The number of aromatic nitrogens is 3. The number of aromatic amines is 1. The van der Waals surface area contributed by atoms with Crippen LogP contribution in [-0.2, 0) is 11.2 Å². The van der Waals surface area contributed by atoms with Gasteiger partial charge in [-0.1, -0.05) is 42.5 Å². The number of nitrogens with two attached hydrogens (primary N) is 1. The van der Waals surface area contributed by atoms with Gasteiger partial charge in [0.15, 0.2) is 0 Å². The molecule has 1 aliphatic rings.